The number of nitrogens with one attached hydrogen (secondary N) is 1. The van der Waals surface area contributed by atoms with E-state index in [1.54, 1.807) is 6.20 Å². The molecule has 6 heteroatoms. The summed E-state index contributed by atoms with van der Waals surface area (Å²) in [5.41, 5.74) is 0.664. The molecule has 0 atom stereocenters. The molecule has 2 heterocycles. The van der Waals surface area contributed by atoms with Gasteiger partial charge in [0.15, 0.2) is 5.82 Å². The largest absolute Gasteiger partial charge is 0.361 e. The van der Waals surface area contributed by atoms with Crippen LogP contribution in [-0.2, 0) is 4.79 Å². The maximum atomic E-state index is 11.8. The van der Waals surface area contributed by atoms with Crippen LogP contribution in [0, 0.1) is 5.92 Å². The van der Waals surface area contributed by atoms with Crippen LogP contribution in [0.1, 0.15) is 26.7 Å². The van der Waals surface area contributed by atoms with Gasteiger partial charge in [0.1, 0.15) is 5.69 Å². The summed E-state index contributed by atoms with van der Waals surface area (Å²) >= 11 is 0. The lowest BCUT2D eigenvalue weighted by molar-refractivity contribution is -0.118. The summed E-state index contributed by atoms with van der Waals surface area (Å²) in [6.07, 6.45) is 4.08. The van der Waals surface area contributed by atoms with Crippen molar-refractivity contribution < 1.29 is 4.79 Å². The molecule has 1 amide bonds. The molecule has 0 bridgehead atoms. The van der Waals surface area contributed by atoms with Crippen LogP contribution in [0.3, 0.4) is 0 Å². The van der Waals surface area contributed by atoms with Gasteiger partial charge < -0.3 is 15.1 Å². The topological polar surface area (TPSA) is 61.4 Å². The number of aromatic nitrogens is 2. The fourth-order valence-corrected chi connectivity index (χ4v) is 2.14. The summed E-state index contributed by atoms with van der Waals surface area (Å²) in [6, 6.07) is 0. The summed E-state index contributed by atoms with van der Waals surface area (Å²) in [4.78, 5) is 24.9. The molecule has 0 aromatic carbocycles. The van der Waals surface area contributed by atoms with Crippen LogP contribution >= 0.6 is 0 Å². The predicted octanol–water partition coefficient (Wildman–Crippen LogP) is 1.74. The van der Waals surface area contributed by atoms with Crippen molar-refractivity contribution in [1.29, 1.82) is 0 Å². The zero-order valence-corrected chi connectivity index (χ0v) is 12.7. The lowest BCUT2D eigenvalue weighted by Gasteiger charge is -2.21. The van der Waals surface area contributed by atoms with Gasteiger partial charge in [-0.1, -0.05) is 13.8 Å². The first-order chi connectivity index (χ1) is 9.49. The second kappa shape index (κ2) is 6.07. The van der Waals surface area contributed by atoms with Crippen LogP contribution < -0.4 is 15.1 Å². The number of hydrogen-bond donors (Lipinski definition) is 1. The van der Waals surface area contributed by atoms with E-state index in [0.717, 1.165) is 24.9 Å². The molecular formula is C14H23N5O. The molecule has 1 aliphatic rings. The zero-order chi connectivity index (χ0) is 14.7. The van der Waals surface area contributed by atoms with Crippen LogP contribution in [0.2, 0.25) is 0 Å². The Labute approximate surface area is 120 Å². The highest BCUT2D eigenvalue weighted by atomic mass is 16.1. The van der Waals surface area contributed by atoms with Gasteiger partial charge in [0.2, 0.25) is 11.9 Å². The van der Waals surface area contributed by atoms with Crippen molar-refractivity contribution in [3.8, 4) is 0 Å². The molecule has 1 aromatic heterocycles. The highest BCUT2D eigenvalue weighted by Gasteiger charge is 2.19. The van der Waals surface area contributed by atoms with E-state index in [9.17, 15) is 4.79 Å². The van der Waals surface area contributed by atoms with Gasteiger partial charge in [-0.05, 0) is 12.8 Å². The average Bonchev–Trinajstić information content (AvgIpc) is 2.92. The third-order valence-electron chi connectivity index (χ3n) is 3.35. The van der Waals surface area contributed by atoms with E-state index < -0.39 is 0 Å². The number of carbonyl (C=O) groups is 1. The Hall–Kier alpha value is -1.85. The third-order valence-corrected chi connectivity index (χ3v) is 3.35. The lowest BCUT2D eigenvalue weighted by atomic mass is 10.2. The van der Waals surface area contributed by atoms with Crippen LogP contribution in [0.25, 0.3) is 0 Å². The molecule has 0 spiro atoms. The van der Waals surface area contributed by atoms with Crippen molar-refractivity contribution in [2.45, 2.75) is 26.7 Å². The number of hydrogen-bond acceptors (Lipinski definition) is 5. The Morgan fingerprint density at radius 2 is 2.00 bits per heavy atom. The number of rotatable bonds is 4. The quantitative estimate of drug-likeness (QED) is 0.908. The second-order valence-corrected chi connectivity index (χ2v) is 5.64. The maximum absolute atomic E-state index is 11.8. The summed E-state index contributed by atoms with van der Waals surface area (Å²) < 4.78 is 0. The number of nitrogens with zero attached hydrogens (tertiary/aromatic N) is 4. The highest BCUT2D eigenvalue weighted by molar-refractivity contribution is 5.94. The van der Waals surface area contributed by atoms with Gasteiger partial charge in [0.05, 0.1) is 6.20 Å². The van der Waals surface area contributed by atoms with Gasteiger partial charge in [-0.15, -0.1) is 0 Å². The molecule has 1 N–H and O–H groups in total. The van der Waals surface area contributed by atoms with E-state index >= 15 is 0 Å². The standard InChI is InChI=1S/C14H23N5O/c1-10(2)13(20)16-11-9-15-14(17-12(11)18(3)4)19-7-5-6-8-19/h9-10H,5-8H2,1-4H3,(H,16,20). The molecule has 0 unspecified atom stereocenters. The monoisotopic (exact) mass is 277 g/mol. The van der Waals surface area contributed by atoms with Gasteiger partial charge in [-0.25, -0.2) is 4.98 Å². The van der Waals surface area contributed by atoms with Crippen LogP contribution in [-0.4, -0.2) is 43.1 Å². The van der Waals surface area contributed by atoms with Gasteiger partial charge >= 0.3 is 0 Å². The summed E-state index contributed by atoms with van der Waals surface area (Å²) in [5, 5.41) is 2.88. The molecule has 0 saturated carbocycles. The first kappa shape index (κ1) is 14.6. The van der Waals surface area contributed by atoms with Crippen molar-refractivity contribution in [2.75, 3.05) is 42.3 Å². The summed E-state index contributed by atoms with van der Waals surface area (Å²) in [7, 11) is 3.84. The molecule has 110 valence electrons. The first-order valence-electron chi connectivity index (χ1n) is 7.09. The van der Waals surface area contributed by atoms with E-state index in [4.69, 9.17) is 0 Å². The molecule has 1 fully saturated rings. The van der Waals surface area contributed by atoms with Gasteiger partial charge in [-0.3, -0.25) is 4.79 Å². The van der Waals surface area contributed by atoms with Crippen molar-refractivity contribution in [2.24, 2.45) is 5.92 Å². The van der Waals surface area contributed by atoms with E-state index in [1.807, 2.05) is 32.8 Å². The Balaban J connectivity index is 2.25. The third kappa shape index (κ3) is 3.18. The minimum absolute atomic E-state index is 0.0226. The molecule has 2 rings (SSSR count). The highest BCUT2D eigenvalue weighted by Crippen LogP contribution is 2.25. The Morgan fingerprint density at radius 3 is 2.55 bits per heavy atom. The first-order valence-corrected chi connectivity index (χ1v) is 7.09. The molecule has 6 nitrogen and oxygen atoms in total. The Bertz CT molecular complexity index is 480. The minimum Gasteiger partial charge on any atom is -0.361 e. The Morgan fingerprint density at radius 1 is 1.35 bits per heavy atom. The molecule has 1 saturated heterocycles. The van der Waals surface area contributed by atoms with Gasteiger partial charge in [0.25, 0.3) is 0 Å². The van der Waals surface area contributed by atoms with Crippen molar-refractivity contribution >= 4 is 23.4 Å². The van der Waals surface area contributed by atoms with Crippen LogP contribution in [0.5, 0.6) is 0 Å². The van der Waals surface area contributed by atoms with Gasteiger partial charge in [-0.2, -0.15) is 4.98 Å². The van der Waals surface area contributed by atoms with E-state index in [0.29, 0.717) is 5.69 Å². The number of carbonyl (C=O) groups excluding carboxylic acids is 1. The molecule has 0 aliphatic carbocycles. The predicted molar refractivity (Wildman–Crippen MR) is 81.3 cm³/mol. The fraction of sp³-hybridized carbons (Fsp3) is 0.643. The number of amides is 1. The average molecular weight is 277 g/mol. The van der Waals surface area contributed by atoms with Crippen molar-refractivity contribution in [1.82, 2.24) is 9.97 Å². The lowest BCUT2D eigenvalue weighted by Crippen LogP contribution is -2.24. The van der Waals surface area contributed by atoms with Crippen molar-refractivity contribution in [3.05, 3.63) is 6.20 Å². The fourth-order valence-electron chi connectivity index (χ4n) is 2.14. The van der Waals surface area contributed by atoms with E-state index in [-0.39, 0.29) is 11.8 Å². The van der Waals surface area contributed by atoms with Gasteiger partial charge in [0, 0.05) is 33.1 Å². The molecular weight excluding hydrogens is 254 g/mol. The number of anilines is 3. The van der Waals surface area contributed by atoms with E-state index in [1.165, 1.54) is 12.8 Å². The van der Waals surface area contributed by atoms with Crippen LogP contribution in [0.15, 0.2) is 6.20 Å². The molecule has 1 aromatic rings. The molecule has 0 radical (unpaired) electrons. The summed E-state index contributed by atoms with van der Waals surface area (Å²) in [6.45, 7) is 5.74. The normalized spacial score (nSPS) is 14.8. The Kier molecular flexibility index (Phi) is 4.42. The maximum Gasteiger partial charge on any atom is 0.227 e. The second-order valence-electron chi connectivity index (χ2n) is 5.64. The molecule has 1 aliphatic heterocycles. The smallest absolute Gasteiger partial charge is 0.227 e. The minimum atomic E-state index is -0.0664. The summed E-state index contributed by atoms with van der Waals surface area (Å²) in [5.74, 6) is 1.40. The van der Waals surface area contributed by atoms with E-state index in [2.05, 4.69) is 20.2 Å². The zero-order valence-electron chi connectivity index (χ0n) is 12.7. The van der Waals surface area contributed by atoms with Crippen LogP contribution in [0.4, 0.5) is 17.5 Å². The van der Waals surface area contributed by atoms with Crippen molar-refractivity contribution in [3.63, 3.8) is 0 Å². The SMILES string of the molecule is CC(C)C(=O)Nc1cnc(N2CCCC2)nc1N(C)C. The molecule has 20 heavy (non-hydrogen) atoms.